The molecule has 4 nitrogen and oxygen atoms in total. The number of ketones is 1. The molecule has 0 aliphatic heterocycles. The van der Waals surface area contributed by atoms with E-state index in [4.69, 9.17) is 9.47 Å². The Labute approximate surface area is 115 Å². The molecule has 1 aromatic rings. The maximum absolute atomic E-state index is 12.1. The molecule has 0 aliphatic rings. The van der Waals surface area contributed by atoms with Crippen molar-refractivity contribution in [3.05, 3.63) is 23.8 Å². The number of benzene rings is 1. The number of nitrogens with one attached hydrogen (secondary N) is 1. The summed E-state index contributed by atoms with van der Waals surface area (Å²) in [6.45, 7) is 6.88. The molecule has 0 fully saturated rings. The monoisotopic (exact) mass is 265 g/mol. The predicted molar refractivity (Wildman–Crippen MR) is 76.2 cm³/mol. The number of carbonyl (C=O) groups is 1. The third-order valence-corrected chi connectivity index (χ3v) is 2.68. The molecule has 106 valence electrons. The molecule has 0 saturated carbocycles. The molecule has 0 aliphatic carbocycles. The third-order valence-electron chi connectivity index (χ3n) is 2.68. The third kappa shape index (κ3) is 5.30. The summed E-state index contributed by atoms with van der Waals surface area (Å²) in [4.78, 5) is 12.1. The minimum atomic E-state index is 0.0202. The molecular weight excluding hydrogens is 242 g/mol. The van der Waals surface area contributed by atoms with Gasteiger partial charge in [0.05, 0.1) is 14.2 Å². The molecule has 0 atom stereocenters. The predicted octanol–water partition coefficient (Wildman–Crippen LogP) is 2.66. The lowest BCUT2D eigenvalue weighted by Gasteiger charge is -2.20. The van der Waals surface area contributed by atoms with Crippen LogP contribution < -0.4 is 14.8 Å². The van der Waals surface area contributed by atoms with Crippen LogP contribution in [0.15, 0.2) is 18.2 Å². The van der Waals surface area contributed by atoms with Crippen LogP contribution in [0.4, 0.5) is 0 Å². The number of hydrogen-bond donors (Lipinski definition) is 1. The van der Waals surface area contributed by atoms with Gasteiger partial charge in [-0.25, -0.2) is 0 Å². The first kappa shape index (κ1) is 15.5. The highest BCUT2D eigenvalue weighted by Gasteiger charge is 2.12. The van der Waals surface area contributed by atoms with Crippen molar-refractivity contribution in [3.8, 4) is 11.5 Å². The van der Waals surface area contributed by atoms with Crippen molar-refractivity contribution in [2.75, 3.05) is 20.8 Å². The van der Waals surface area contributed by atoms with Crippen molar-refractivity contribution in [1.29, 1.82) is 0 Å². The van der Waals surface area contributed by atoms with E-state index in [9.17, 15) is 4.79 Å². The van der Waals surface area contributed by atoms with E-state index in [2.05, 4.69) is 26.1 Å². The average molecular weight is 265 g/mol. The first-order valence-electron chi connectivity index (χ1n) is 6.37. The summed E-state index contributed by atoms with van der Waals surface area (Å²) in [5, 5.41) is 3.30. The maximum atomic E-state index is 12.1. The normalized spacial score (nSPS) is 11.2. The Kier molecular flexibility index (Phi) is 5.36. The van der Waals surface area contributed by atoms with Crippen LogP contribution in [-0.2, 0) is 0 Å². The highest BCUT2D eigenvalue weighted by Crippen LogP contribution is 2.23. The molecule has 1 rings (SSSR count). The zero-order valence-electron chi connectivity index (χ0n) is 12.4. The Balaban J connectivity index is 2.71. The van der Waals surface area contributed by atoms with Gasteiger partial charge >= 0.3 is 0 Å². The molecule has 1 N–H and O–H groups in total. The lowest BCUT2D eigenvalue weighted by atomic mass is 10.1. The van der Waals surface area contributed by atoms with Gasteiger partial charge in [0.15, 0.2) is 5.78 Å². The van der Waals surface area contributed by atoms with E-state index in [1.165, 1.54) is 0 Å². The topological polar surface area (TPSA) is 47.6 Å². The highest BCUT2D eigenvalue weighted by molar-refractivity contribution is 5.97. The van der Waals surface area contributed by atoms with Gasteiger partial charge in [0.1, 0.15) is 11.5 Å². The van der Waals surface area contributed by atoms with Crippen LogP contribution >= 0.6 is 0 Å². The molecule has 0 aromatic heterocycles. The fraction of sp³-hybridized carbons (Fsp3) is 0.533. The van der Waals surface area contributed by atoms with E-state index in [1.54, 1.807) is 32.4 Å². The van der Waals surface area contributed by atoms with Gasteiger partial charge in [0.25, 0.3) is 0 Å². The fourth-order valence-electron chi connectivity index (χ4n) is 1.66. The fourth-order valence-corrected chi connectivity index (χ4v) is 1.66. The van der Waals surface area contributed by atoms with Crippen LogP contribution in [0, 0.1) is 0 Å². The summed E-state index contributed by atoms with van der Waals surface area (Å²) >= 11 is 0. The molecule has 0 unspecified atom stereocenters. The Morgan fingerprint density at radius 1 is 1.11 bits per heavy atom. The zero-order chi connectivity index (χ0) is 14.5. The van der Waals surface area contributed by atoms with Crippen molar-refractivity contribution < 1.29 is 14.3 Å². The van der Waals surface area contributed by atoms with Crippen molar-refractivity contribution in [2.24, 2.45) is 0 Å². The molecule has 0 spiro atoms. The summed E-state index contributed by atoms with van der Waals surface area (Å²) < 4.78 is 10.3. The number of rotatable bonds is 6. The second kappa shape index (κ2) is 6.57. The lowest BCUT2D eigenvalue weighted by molar-refractivity contribution is 0.0980. The van der Waals surface area contributed by atoms with Crippen molar-refractivity contribution in [3.63, 3.8) is 0 Å². The maximum Gasteiger partial charge on any atom is 0.164 e. The first-order valence-corrected chi connectivity index (χ1v) is 6.37. The highest BCUT2D eigenvalue weighted by atomic mass is 16.5. The van der Waals surface area contributed by atoms with Crippen molar-refractivity contribution in [2.45, 2.75) is 32.7 Å². The van der Waals surface area contributed by atoms with E-state index in [1.807, 2.05) is 0 Å². The van der Waals surface area contributed by atoms with E-state index < -0.39 is 0 Å². The van der Waals surface area contributed by atoms with Gasteiger partial charge in [-0.15, -0.1) is 0 Å². The summed E-state index contributed by atoms with van der Waals surface area (Å²) in [5.41, 5.74) is 0.638. The van der Waals surface area contributed by atoms with Gasteiger partial charge in [-0.1, -0.05) is 0 Å². The van der Waals surface area contributed by atoms with Gasteiger partial charge in [0.2, 0.25) is 0 Å². The molecule has 0 radical (unpaired) electrons. The molecule has 0 heterocycles. The molecule has 19 heavy (non-hydrogen) atoms. The second-order valence-corrected chi connectivity index (χ2v) is 5.45. The molecule has 0 amide bonds. The van der Waals surface area contributed by atoms with Crippen LogP contribution in [0.2, 0.25) is 0 Å². The molecule has 4 heteroatoms. The van der Waals surface area contributed by atoms with Gasteiger partial charge < -0.3 is 14.8 Å². The lowest BCUT2D eigenvalue weighted by Crippen LogP contribution is -2.37. The second-order valence-electron chi connectivity index (χ2n) is 5.45. The standard InChI is InChI=1S/C15H23NO3/c1-15(2,3)16-7-6-14(17)11-8-12(18-4)10-13(9-11)19-5/h8-10,16H,6-7H2,1-5H3. The molecular formula is C15H23NO3. The number of hydrogen-bond acceptors (Lipinski definition) is 4. The zero-order valence-corrected chi connectivity index (χ0v) is 12.4. The van der Waals surface area contributed by atoms with Crippen LogP contribution in [-0.4, -0.2) is 32.1 Å². The van der Waals surface area contributed by atoms with Gasteiger partial charge in [0, 0.05) is 30.1 Å². The van der Waals surface area contributed by atoms with Gasteiger partial charge in [-0.3, -0.25) is 4.79 Å². The Bertz CT molecular complexity index is 413. The average Bonchev–Trinajstić information content (AvgIpc) is 2.36. The Morgan fingerprint density at radius 2 is 1.63 bits per heavy atom. The Morgan fingerprint density at radius 3 is 2.05 bits per heavy atom. The summed E-state index contributed by atoms with van der Waals surface area (Å²) in [5.74, 6) is 1.34. The minimum Gasteiger partial charge on any atom is -0.497 e. The quantitative estimate of drug-likeness (QED) is 0.803. The minimum absolute atomic E-state index is 0.0202. The van der Waals surface area contributed by atoms with Crippen molar-refractivity contribution in [1.82, 2.24) is 5.32 Å². The summed E-state index contributed by atoms with van der Waals surface area (Å²) in [6.07, 6.45) is 0.452. The Hall–Kier alpha value is -1.55. The van der Waals surface area contributed by atoms with Crippen LogP contribution in [0.1, 0.15) is 37.6 Å². The molecule has 0 saturated heterocycles. The summed E-state index contributed by atoms with van der Waals surface area (Å²) in [7, 11) is 3.15. The SMILES string of the molecule is COc1cc(OC)cc(C(=O)CCNC(C)(C)C)c1. The largest absolute Gasteiger partial charge is 0.497 e. The van der Waals surface area contributed by atoms with E-state index in [0.29, 0.717) is 30.0 Å². The number of methoxy groups -OCH3 is 2. The number of Topliss-reactive ketones (excluding diaryl/α,β-unsaturated/α-hetero) is 1. The number of ether oxygens (including phenoxy) is 2. The first-order chi connectivity index (χ1) is 8.85. The van der Waals surface area contributed by atoms with E-state index in [-0.39, 0.29) is 11.3 Å². The van der Waals surface area contributed by atoms with Crippen LogP contribution in [0.3, 0.4) is 0 Å². The van der Waals surface area contributed by atoms with E-state index in [0.717, 1.165) is 0 Å². The molecule has 0 bridgehead atoms. The van der Waals surface area contributed by atoms with E-state index >= 15 is 0 Å². The van der Waals surface area contributed by atoms with Gasteiger partial charge in [-0.2, -0.15) is 0 Å². The van der Waals surface area contributed by atoms with Crippen LogP contribution in [0.25, 0.3) is 0 Å². The number of carbonyl (C=O) groups excluding carboxylic acids is 1. The van der Waals surface area contributed by atoms with Crippen molar-refractivity contribution >= 4 is 5.78 Å². The summed E-state index contributed by atoms with van der Waals surface area (Å²) in [6, 6.07) is 5.23. The van der Waals surface area contributed by atoms with Crippen LogP contribution in [0.5, 0.6) is 11.5 Å². The smallest absolute Gasteiger partial charge is 0.164 e. The molecule has 1 aromatic carbocycles. The van der Waals surface area contributed by atoms with Gasteiger partial charge in [-0.05, 0) is 32.9 Å².